The van der Waals surface area contributed by atoms with Crippen LogP contribution in [0.5, 0.6) is 0 Å². The molecule has 1 heteroatoms. The summed E-state index contributed by atoms with van der Waals surface area (Å²) in [5, 5.41) is 0. The van der Waals surface area contributed by atoms with E-state index in [4.69, 9.17) is 0 Å². The highest BCUT2D eigenvalue weighted by molar-refractivity contribution is 6.47. The Labute approximate surface area is 77.3 Å². The minimum absolute atomic E-state index is 0.742. The first kappa shape index (κ1) is 11.3. The molecule has 0 saturated carbocycles. The third-order valence-electron chi connectivity index (χ3n) is 1.63. The molecular weight excluding hydrogens is 143 g/mol. The van der Waals surface area contributed by atoms with Crippen molar-refractivity contribution in [2.45, 2.75) is 33.5 Å². The molecule has 0 aliphatic heterocycles. The molecule has 0 aliphatic carbocycles. The molecule has 0 rings (SSSR count). The van der Waals surface area contributed by atoms with Crippen molar-refractivity contribution < 1.29 is 0 Å². The van der Waals surface area contributed by atoms with E-state index in [0.29, 0.717) is 0 Å². The van der Waals surface area contributed by atoms with E-state index in [1.54, 1.807) is 0 Å². The maximum Gasteiger partial charge on any atom is 0.159 e. The van der Waals surface area contributed by atoms with Crippen LogP contribution in [0.25, 0.3) is 0 Å². The maximum atomic E-state index is 2.24. The van der Waals surface area contributed by atoms with E-state index >= 15 is 0 Å². The second-order valence-electron chi connectivity index (χ2n) is 3.35. The van der Waals surface area contributed by atoms with Gasteiger partial charge in [0, 0.05) is 0 Å². The van der Waals surface area contributed by atoms with Gasteiger partial charge in [0.15, 0.2) is 7.28 Å². The van der Waals surface area contributed by atoms with Gasteiger partial charge in [-0.15, -0.1) is 0 Å². The molecule has 0 nitrogen and oxygen atoms in total. The zero-order chi connectivity index (χ0) is 9.40. The van der Waals surface area contributed by atoms with Crippen molar-refractivity contribution in [2.24, 2.45) is 0 Å². The van der Waals surface area contributed by atoms with Crippen molar-refractivity contribution in [3.8, 4) is 0 Å². The summed E-state index contributed by atoms with van der Waals surface area (Å²) in [6, 6.07) is 0. The summed E-state index contributed by atoms with van der Waals surface area (Å²) in [7, 11) is 1.17. The van der Waals surface area contributed by atoms with E-state index in [1.165, 1.54) is 12.8 Å². The zero-order valence-corrected chi connectivity index (χ0v) is 8.67. The molecule has 0 bridgehead atoms. The van der Waals surface area contributed by atoms with Gasteiger partial charge in [0.25, 0.3) is 0 Å². The Kier molecular flexibility index (Phi) is 6.55. The van der Waals surface area contributed by atoms with Crippen LogP contribution in [-0.4, -0.2) is 7.28 Å². The van der Waals surface area contributed by atoms with Crippen LogP contribution in [0, 0.1) is 0 Å². The Morgan fingerprint density at radius 2 is 1.83 bits per heavy atom. The molecule has 66 valence electrons. The maximum absolute atomic E-state index is 2.24. The Morgan fingerprint density at radius 3 is 2.25 bits per heavy atom. The van der Waals surface area contributed by atoms with E-state index in [2.05, 4.69) is 45.1 Å². The van der Waals surface area contributed by atoms with E-state index in [-0.39, 0.29) is 0 Å². The van der Waals surface area contributed by atoms with Gasteiger partial charge < -0.3 is 0 Å². The van der Waals surface area contributed by atoms with Gasteiger partial charge >= 0.3 is 0 Å². The molecule has 0 saturated heterocycles. The molecule has 0 heterocycles. The Morgan fingerprint density at radius 1 is 1.17 bits per heavy atom. The summed E-state index contributed by atoms with van der Waals surface area (Å²) in [4.78, 5) is 0. The standard InChI is InChI=1S/C11H19B/c1-5-7-8-9-11(6-2)12-10(3)4/h5-10,12H,1-4H3/b7-5-,9-8-,11-6+. The number of allylic oxidation sites excluding steroid dienone is 6. The molecule has 0 unspecified atom stereocenters. The molecule has 0 atom stereocenters. The number of rotatable bonds is 4. The fraction of sp³-hybridized carbons (Fsp3) is 0.455. The van der Waals surface area contributed by atoms with Gasteiger partial charge in [0.2, 0.25) is 0 Å². The molecule has 0 aromatic carbocycles. The van der Waals surface area contributed by atoms with Crippen LogP contribution < -0.4 is 0 Å². The van der Waals surface area contributed by atoms with Gasteiger partial charge in [-0.25, -0.2) is 0 Å². The molecule has 0 fully saturated rings. The van der Waals surface area contributed by atoms with Crippen LogP contribution in [0.2, 0.25) is 5.82 Å². The van der Waals surface area contributed by atoms with Crippen molar-refractivity contribution in [3.05, 3.63) is 35.9 Å². The predicted molar refractivity (Wildman–Crippen MR) is 60.0 cm³/mol. The van der Waals surface area contributed by atoms with Crippen molar-refractivity contribution in [2.75, 3.05) is 0 Å². The Balaban J connectivity index is 4.01. The first-order valence-electron chi connectivity index (χ1n) is 4.65. The zero-order valence-electron chi connectivity index (χ0n) is 8.67. The summed E-state index contributed by atoms with van der Waals surface area (Å²) >= 11 is 0. The molecule has 0 N–H and O–H groups in total. The SMILES string of the molecule is C\C=C/C=C\C(BC(C)C)=C/C. The van der Waals surface area contributed by atoms with Crippen LogP contribution >= 0.6 is 0 Å². The molecular formula is C11H19B. The van der Waals surface area contributed by atoms with Gasteiger partial charge in [-0.1, -0.05) is 55.5 Å². The molecule has 0 aliphatic rings. The number of hydrogen-bond acceptors (Lipinski definition) is 0. The highest BCUT2D eigenvalue weighted by Crippen LogP contribution is 2.06. The van der Waals surface area contributed by atoms with Gasteiger partial charge in [-0.05, 0) is 13.8 Å². The molecule has 0 aromatic heterocycles. The summed E-state index contributed by atoms with van der Waals surface area (Å²) in [6.07, 6.45) is 10.6. The fourth-order valence-electron chi connectivity index (χ4n) is 1.04. The molecule has 0 amide bonds. The summed E-state index contributed by atoms with van der Waals surface area (Å²) in [6.45, 7) is 8.61. The third kappa shape index (κ3) is 6.02. The lowest BCUT2D eigenvalue weighted by Gasteiger charge is -2.01. The Bertz CT molecular complexity index is 185. The van der Waals surface area contributed by atoms with Crippen LogP contribution in [0.3, 0.4) is 0 Å². The summed E-state index contributed by atoms with van der Waals surface area (Å²) in [5.41, 5.74) is 1.42. The summed E-state index contributed by atoms with van der Waals surface area (Å²) in [5.74, 6) is 0.742. The number of hydrogen-bond donors (Lipinski definition) is 0. The van der Waals surface area contributed by atoms with Crippen molar-refractivity contribution in [1.29, 1.82) is 0 Å². The van der Waals surface area contributed by atoms with Crippen molar-refractivity contribution in [1.82, 2.24) is 0 Å². The average Bonchev–Trinajstić information content (AvgIpc) is 2.02. The highest BCUT2D eigenvalue weighted by Gasteiger charge is 1.98. The van der Waals surface area contributed by atoms with Gasteiger partial charge in [0.1, 0.15) is 0 Å². The quantitative estimate of drug-likeness (QED) is 0.439. The highest BCUT2D eigenvalue weighted by atomic mass is 13.8. The topological polar surface area (TPSA) is 0 Å². The fourth-order valence-corrected chi connectivity index (χ4v) is 1.04. The Hall–Kier alpha value is -0.715. The molecule has 12 heavy (non-hydrogen) atoms. The first-order valence-corrected chi connectivity index (χ1v) is 4.65. The van der Waals surface area contributed by atoms with Crippen LogP contribution in [0.4, 0.5) is 0 Å². The second-order valence-corrected chi connectivity index (χ2v) is 3.35. The normalized spacial score (nSPS) is 13.6. The lowest BCUT2D eigenvalue weighted by molar-refractivity contribution is 1.06. The minimum Gasteiger partial charge on any atom is -0.0936 e. The van der Waals surface area contributed by atoms with E-state index in [0.717, 1.165) is 5.82 Å². The monoisotopic (exact) mass is 162 g/mol. The van der Waals surface area contributed by atoms with Crippen LogP contribution in [0.1, 0.15) is 27.7 Å². The lowest BCUT2D eigenvalue weighted by Crippen LogP contribution is -1.97. The van der Waals surface area contributed by atoms with E-state index in [1.807, 2.05) is 13.0 Å². The van der Waals surface area contributed by atoms with Gasteiger partial charge in [-0.2, -0.15) is 0 Å². The van der Waals surface area contributed by atoms with E-state index in [9.17, 15) is 0 Å². The lowest BCUT2D eigenvalue weighted by atomic mass is 9.60. The van der Waals surface area contributed by atoms with Crippen LogP contribution in [0.15, 0.2) is 35.9 Å². The van der Waals surface area contributed by atoms with Crippen molar-refractivity contribution >= 4 is 7.28 Å². The third-order valence-corrected chi connectivity index (χ3v) is 1.63. The van der Waals surface area contributed by atoms with Gasteiger partial charge in [-0.3, -0.25) is 0 Å². The molecule has 0 aromatic rings. The smallest absolute Gasteiger partial charge is 0.0936 e. The first-order chi connectivity index (χ1) is 5.70. The average molecular weight is 162 g/mol. The largest absolute Gasteiger partial charge is 0.159 e. The second kappa shape index (κ2) is 6.96. The molecule has 0 radical (unpaired) electrons. The predicted octanol–water partition coefficient (Wildman–Crippen LogP) is 3.29. The van der Waals surface area contributed by atoms with Crippen LogP contribution in [-0.2, 0) is 0 Å². The van der Waals surface area contributed by atoms with Gasteiger partial charge in [0.05, 0.1) is 0 Å². The van der Waals surface area contributed by atoms with Crippen molar-refractivity contribution in [3.63, 3.8) is 0 Å². The minimum atomic E-state index is 0.742. The molecule has 0 spiro atoms. The summed E-state index contributed by atoms with van der Waals surface area (Å²) < 4.78 is 0. The van der Waals surface area contributed by atoms with E-state index < -0.39 is 0 Å².